The van der Waals surface area contributed by atoms with Crippen LogP contribution >= 0.6 is 11.3 Å². The summed E-state index contributed by atoms with van der Waals surface area (Å²) in [7, 11) is 1.29. The maximum Gasteiger partial charge on any atom is 0.406 e. The van der Waals surface area contributed by atoms with E-state index in [1.807, 2.05) is 89.2 Å². The van der Waals surface area contributed by atoms with Crippen LogP contribution in [0.25, 0.3) is 0 Å². The first-order chi connectivity index (χ1) is 26.2. The SMILES string of the molecule is CCc1ccc(CN(CC(O)C(Cc2ccccc2)NC(=O)C(C(C)CC)C2CNC(=O)N2Cc2cccc(C)n2)NC(=O)CC(C)(C)CNC(=O)OC)s1. The second kappa shape index (κ2) is 20.4. The number of nitrogens with zero attached hydrogens (tertiary/aromatic N) is 3. The van der Waals surface area contributed by atoms with E-state index in [-0.39, 0.29) is 49.8 Å². The number of carbonyl (C=O) groups excluding carboxylic acids is 4. The number of carbonyl (C=O) groups is 4. The highest BCUT2D eigenvalue weighted by atomic mass is 32.1. The van der Waals surface area contributed by atoms with Crippen LogP contribution in [0.5, 0.6) is 0 Å². The Hall–Kier alpha value is -4.53. The van der Waals surface area contributed by atoms with E-state index >= 15 is 0 Å². The summed E-state index contributed by atoms with van der Waals surface area (Å²) >= 11 is 1.64. The third-order valence-electron chi connectivity index (χ3n) is 10.1. The maximum atomic E-state index is 14.5. The Morgan fingerprint density at radius 1 is 1.09 bits per heavy atom. The van der Waals surface area contributed by atoms with E-state index in [4.69, 9.17) is 4.74 Å². The molecule has 0 radical (unpaired) electrons. The molecule has 4 rings (SSSR count). The van der Waals surface area contributed by atoms with Crippen molar-refractivity contribution in [3.05, 3.63) is 87.4 Å². The monoisotopic (exact) mass is 777 g/mol. The lowest BCUT2D eigenvalue weighted by Gasteiger charge is -2.36. The van der Waals surface area contributed by atoms with Crippen molar-refractivity contribution >= 4 is 35.3 Å². The fourth-order valence-corrected chi connectivity index (χ4v) is 7.88. The fourth-order valence-electron chi connectivity index (χ4n) is 6.91. The first kappa shape index (κ1) is 43.2. The number of thiophene rings is 1. The highest BCUT2D eigenvalue weighted by molar-refractivity contribution is 7.11. The molecule has 5 N–H and O–H groups in total. The number of nitrogens with one attached hydrogen (secondary N) is 4. The lowest BCUT2D eigenvalue weighted by molar-refractivity contribution is -0.132. The first-order valence-electron chi connectivity index (χ1n) is 19.1. The molecule has 0 aliphatic carbocycles. The van der Waals surface area contributed by atoms with E-state index in [2.05, 4.69) is 39.4 Å². The Labute approximate surface area is 329 Å². The van der Waals surface area contributed by atoms with Crippen molar-refractivity contribution in [3.63, 3.8) is 0 Å². The molecule has 5 amide bonds. The molecule has 0 saturated carbocycles. The van der Waals surface area contributed by atoms with E-state index in [0.717, 1.165) is 28.2 Å². The molecule has 1 aliphatic heterocycles. The number of urea groups is 1. The number of aliphatic hydroxyl groups is 1. The van der Waals surface area contributed by atoms with Gasteiger partial charge in [-0.3, -0.25) is 20.0 Å². The Morgan fingerprint density at radius 2 is 1.82 bits per heavy atom. The molecule has 0 bridgehead atoms. The largest absolute Gasteiger partial charge is 0.453 e. The van der Waals surface area contributed by atoms with E-state index < -0.39 is 35.6 Å². The summed E-state index contributed by atoms with van der Waals surface area (Å²) in [6.45, 7) is 12.9. The van der Waals surface area contributed by atoms with Gasteiger partial charge in [0.05, 0.1) is 50.0 Å². The maximum absolute atomic E-state index is 14.5. The van der Waals surface area contributed by atoms with Crippen molar-refractivity contribution in [2.24, 2.45) is 17.3 Å². The van der Waals surface area contributed by atoms with E-state index in [1.54, 1.807) is 21.2 Å². The van der Waals surface area contributed by atoms with Gasteiger partial charge in [0.1, 0.15) is 0 Å². The van der Waals surface area contributed by atoms with Crippen LogP contribution in [0, 0.1) is 24.2 Å². The van der Waals surface area contributed by atoms with Crippen molar-refractivity contribution < 1.29 is 29.0 Å². The number of hydrogen-bond donors (Lipinski definition) is 5. The molecule has 14 heteroatoms. The number of alkyl carbamates (subject to hydrolysis) is 1. The minimum absolute atomic E-state index is 0.0202. The average Bonchev–Trinajstić information content (AvgIpc) is 3.75. The Balaban J connectivity index is 1.58. The van der Waals surface area contributed by atoms with Crippen LogP contribution < -0.4 is 21.4 Å². The molecular weight excluding hydrogens is 719 g/mol. The summed E-state index contributed by atoms with van der Waals surface area (Å²) in [5, 5.41) is 22.6. The number of ether oxygens (including phenoxy) is 1. The third-order valence-corrected chi connectivity index (χ3v) is 11.3. The molecule has 3 aromatic rings. The molecule has 1 aromatic carbocycles. The number of benzene rings is 1. The normalized spacial score (nSPS) is 16.6. The van der Waals surface area contributed by atoms with Crippen molar-refractivity contribution in [2.45, 2.75) is 98.5 Å². The Morgan fingerprint density at radius 3 is 2.47 bits per heavy atom. The predicted molar refractivity (Wildman–Crippen MR) is 214 cm³/mol. The zero-order chi connectivity index (χ0) is 40.1. The number of hydrazine groups is 1. The standard InChI is InChI=1S/C41H59N7O6S/c1-8-27(3)37(34-22-42-39(52)48(34)23-30-17-13-14-28(4)44-30)38(51)45-33(20-29-15-11-10-12-16-29)35(49)25-47(24-32-19-18-31(9-2)55-32)46-36(50)21-41(5,6)26-43-40(53)54-7/h10-19,27,33-35,37,49H,8-9,20-26H2,1-7H3,(H,42,52)(H,43,53)(H,45,51)(H,46,50). The third kappa shape index (κ3) is 13.0. The predicted octanol–water partition coefficient (Wildman–Crippen LogP) is 4.96. The number of hydrogen-bond acceptors (Lipinski definition) is 9. The van der Waals surface area contributed by atoms with Crippen LogP contribution in [0.3, 0.4) is 0 Å². The van der Waals surface area contributed by atoms with Crippen LogP contribution in [0.15, 0.2) is 60.7 Å². The molecule has 300 valence electrons. The summed E-state index contributed by atoms with van der Waals surface area (Å²) in [4.78, 5) is 61.5. The van der Waals surface area contributed by atoms with E-state index in [0.29, 0.717) is 25.9 Å². The van der Waals surface area contributed by atoms with Gasteiger partial charge in [-0.2, -0.15) is 0 Å². The fraction of sp³-hybridized carbons (Fsp3) is 0.537. The van der Waals surface area contributed by atoms with Gasteiger partial charge in [-0.15, -0.1) is 11.3 Å². The van der Waals surface area contributed by atoms with Gasteiger partial charge in [0.25, 0.3) is 0 Å². The smallest absolute Gasteiger partial charge is 0.406 e. The van der Waals surface area contributed by atoms with Crippen LogP contribution in [0.4, 0.5) is 9.59 Å². The van der Waals surface area contributed by atoms with Gasteiger partial charge < -0.3 is 30.7 Å². The van der Waals surface area contributed by atoms with Gasteiger partial charge in [0.2, 0.25) is 11.8 Å². The number of methoxy groups -OCH3 is 1. The highest BCUT2D eigenvalue weighted by Gasteiger charge is 2.43. The molecular formula is C41H59N7O6S. The topological polar surface area (TPSA) is 165 Å². The summed E-state index contributed by atoms with van der Waals surface area (Å²) in [5.74, 6) is -1.19. The number of aryl methyl sites for hydroxylation is 2. The lowest BCUT2D eigenvalue weighted by Crippen LogP contribution is -2.56. The molecule has 0 spiro atoms. The van der Waals surface area contributed by atoms with Gasteiger partial charge in [-0.1, -0.05) is 77.4 Å². The average molecular weight is 778 g/mol. The minimum Gasteiger partial charge on any atom is -0.453 e. The molecule has 5 unspecified atom stereocenters. The number of aromatic nitrogens is 1. The van der Waals surface area contributed by atoms with Crippen LogP contribution in [-0.2, 0) is 40.3 Å². The van der Waals surface area contributed by atoms with E-state index in [1.165, 1.54) is 12.0 Å². The van der Waals surface area contributed by atoms with Crippen molar-refractivity contribution in [2.75, 3.05) is 26.7 Å². The van der Waals surface area contributed by atoms with Crippen LogP contribution in [-0.4, -0.2) is 88.9 Å². The van der Waals surface area contributed by atoms with Crippen molar-refractivity contribution in [1.82, 2.24) is 36.3 Å². The molecule has 55 heavy (non-hydrogen) atoms. The number of amides is 5. The molecule has 1 fully saturated rings. The molecule has 5 atom stereocenters. The summed E-state index contributed by atoms with van der Waals surface area (Å²) in [6, 6.07) is 18.0. The van der Waals surface area contributed by atoms with E-state index in [9.17, 15) is 24.3 Å². The van der Waals surface area contributed by atoms with Crippen LogP contribution in [0.1, 0.15) is 74.2 Å². The first-order valence-corrected chi connectivity index (χ1v) is 20.0. The number of rotatable bonds is 20. The van der Waals surface area contributed by atoms with Gasteiger partial charge >= 0.3 is 12.1 Å². The number of aliphatic hydroxyl groups excluding tert-OH is 1. The zero-order valence-electron chi connectivity index (χ0n) is 33.3. The minimum atomic E-state index is -1.10. The second-order valence-electron chi connectivity index (χ2n) is 15.3. The van der Waals surface area contributed by atoms with Crippen molar-refractivity contribution in [1.29, 1.82) is 0 Å². The van der Waals surface area contributed by atoms with Gasteiger partial charge in [0, 0.05) is 41.5 Å². The quantitative estimate of drug-likeness (QED) is 0.101. The lowest BCUT2D eigenvalue weighted by atomic mass is 9.83. The second-order valence-corrected chi connectivity index (χ2v) is 16.5. The molecule has 2 aromatic heterocycles. The summed E-state index contributed by atoms with van der Waals surface area (Å²) in [6.07, 6.45) is 0.348. The zero-order valence-corrected chi connectivity index (χ0v) is 34.1. The summed E-state index contributed by atoms with van der Waals surface area (Å²) < 4.78 is 4.69. The van der Waals surface area contributed by atoms with Crippen molar-refractivity contribution in [3.8, 4) is 0 Å². The summed E-state index contributed by atoms with van der Waals surface area (Å²) in [5.41, 5.74) is 4.94. The molecule has 3 heterocycles. The molecule has 1 saturated heterocycles. The van der Waals surface area contributed by atoms with Gasteiger partial charge in [0.15, 0.2) is 0 Å². The Kier molecular flexibility index (Phi) is 16.0. The molecule has 1 aliphatic rings. The van der Waals surface area contributed by atoms with Crippen LogP contribution in [0.2, 0.25) is 0 Å². The van der Waals surface area contributed by atoms with Gasteiger partial charge in [-0.25, -0.2) is 14.6 Å². The molecule has 13 nitrogen and oxygen atoms in total. The van der Waals surface area contributed by atoms with Gasteiger partial charge in [-0.05, 0) is 60.9 Å². The Bertz CT molecular complexity index is 1720. The number of pyridine rings is 1. The highest BCUT2D eigenvalue weighted by Crippen LogP contribution is 2.28.